The number of carboxylic acids is 1. The van der Waals surface area contributed by atoms with Gasteiger partial charge in [-0.3, -0.25) is 9.59 Å². The lowest BCUT2D eigenvalue weighted by molar-refractivity contribution is -0.149. The van der Waals surface area contributed by atoms with Crippen LogP contribution in [-0.4, -0.2) is 37.0 Å². The third-order valence-corrected chi connectivity index (χ3v) is 7.37. The number of carboxylic acid groups (broad SMARTS) is 1. The summed E-state index contributed by atoms with van der Waals surface area (Å²) in [5, 5.41) is 22.5. The Balaban J connectivity index is 1.54. The van der Waals surface area contributed by atoms with Crippen LogP contribution < -0.4 is 21.1 Å². The molecule has 0 unspecified atom stereocenters. The van der Waals surface area contributed by atoms with E-state index in [1.54, 1.807) is 30.3 Å². The molecular weight excluding hydrogens is 539 g/mol. The van der Waals surface area contributed by atoms with Crippen LogP contribution in [0.1, 0.15) is 12.8 Å². The second-order valence-electron chi connectivity index (χ2n) is 8.80. The van der Waals surface area contributed by atoms with Crippen molar-refractivity contribution in [3.63, 3.8) is 0 Å². The van der Waals surface area contributed by atoms with E-state index in [0.717, 1.165) is 6.07 Å². The van der Waals surface area contributed by atoms with Gasteiger partial charge in [-0.1, -0.05) is 35.9 Å². The van der Waals surface area contributed by atoms with Crippen molar-refractivity contribution >= 4 is 50.9 Å². The largest absolute Gasteiger partial charge is 0.481 e. The summed E-state index contributed by atoms with van der Waals surface area (Å²) < 4.78 is 38.8. The summed E-state index contributed by atoms with van der Waals surface area (Å²) in [6.45, 7) is 0. The molecule has 0 aliphatic heterocycles. The van der Waals surface area contributed by atoms with E-state index in [1.807, 2.05) is 0 Å². The fraction of sp³-hybridized carbons (Fsp3) is 0.160. The first kappa shape index (κ1) is 27.0. The van der Waals surface area contributed by atoms with Gasteiger partial charge in [-0.2, -0.15) is 0 Å². The Kier molecular flexibility index (Phi) is 7.40. The number of carbonyl (C=O) groups is 3. The maximum atomic E-state index is 15.0. The Bertz CT molecular complexity index is 1530. The van der Waals surface area contributed by atoms with Gasteiger partial charge in [0, 0.05) is 16.3 Å². The summed E-state index contributed by atoms with van der Waals surface area (Å²) in [5.41, 5.74) is -1.09. The summed E-state index contributed by atoms with van der Waals surface area (Å²) >= 11 is 5.84. The predicted octanol–water partition coefficient (Wildman–Crippen LogP) is 3.79. The number of hydrogen-bond acceptors (Lipinski definition) is 5. The maximum absolute atomic E-state index is 15.0. The number of carbonyl (C=O) groups excluding carboxylic acids is 2. The summed E-state index contributed by atoms with van der Waals surface area (Å²) in [6, 6.07) is 14.9. The lowest BCUT2D eigenvalue weighted by Crippen LogP contribution is -2.66. The van der Waals surface area contributed by atoms with Gasteiger partial charge in [-0.05, 0) is 60.9 Å². The minimum absolute atomic E-state index is 0.173. The lowest BCUT2D eigenvalue weighted by Gasteiger charge is -2.44. The van der Waals surface area contributed by atoms with Gasteiger partial charge in [0.2, 0.25) is 15.9 Å². The standard InChI is InChI=1S/C25H22ClFN4O6S/c26-16-6-8-17(9-7-16)29-24(35)31-25(12-15(13-25)22(32)33)23(34)30-20-10-5-14(11-19(20)27)18-3-1-2-4-21(18)38(28,36)37/h1-11,15H,12-13H2,(H,30,34)(H,32,33)(H2,28,36,37)(H2,29,31,35). The number of primary sulfonamides is 1. The predicted molar refractivity (Wildman–Crippen MR) is 139 cm³/mol. The van der Waals surface area contributed by atoms with Crippen LogP contribution in [0.3, 0.4) is 0 Å². The smallest absolute Gasteiger partial charge is 0.320 e. The number of urea groups is 1. The molecule has 3 aromatic rings. The fourth-order valence-electron chi connectivity index (χ4n) is 4.19. The van der Waals surface area contributed by atoms with Gasteiger partial charge in [0.25, 0.3) is 0 Å². The molecule has 1 aliphatic rings. The second kappa shape index (κ2) is 10.4. The molecule has 1 fully saturated rings. The zero-order valence-corrected chi connectivity index (χ0v) is 21.1. The van der Waals surface area contributed by atoms with Gasteiger partial charge < -0.3 is 21.1 Å². The molecule has 13 heteroatoms. The third-order valence-electron chi connectivity index (χ3n) is 6.15. The van der Waals surface area contributed by atoms with Crippen LogP contribution in [0.2, 0.25) is 5.02 Å². The van der Waals surface area contributed by atoms with Gasteiger partial charge in [0.1, 0.15) is 11.4 Å². The van der Waals surface area contributed by atoms with Gasteiger partial charge in [-0.15, -0.1) is 0 Å². The molecule has 198 valence electrons. The topological polar surface area (TPSA) is 168 Å². The van der Waals surface area contributed by atoms with E-state index in [4.69, 9.17) is 16.7 Å². The van der Waals surface area contributed by atoms with Crippen molar-refractivity contribution < 1.29 is 32.3 Å². The molecule has 0 spiro atoms. The van der Waals surface area contributed by atoms with Crippen molar-refractivity contribution in [2.45, 2.75) is 23.3 Å². The van der Waals surface area contributed by atoms with Gasteiger partial charge in [-0.25, -0.2) is 22.7 Å². The lowest BCUT2D eigenvalue weighted by atomic mass is 9.67. The monoisotopic (exact) mass is 560 g/mol. The molecule has 3 aromatic carbocycles. The van der Waals surface area contributed by atoms with E-state index in [1.165, 1.54) is 30.3 Å². The number of benzene rings is 3. The van der Waals surface area contributed by atoms with Gasteiger partial charge >= 0.3 is 12.0 Å². The number of anilines is 2. The average molecular weight is 561 g/mol. The molecule has 3 amide bonds. The van der Waals surface area contributed by atoms with Crippen LogP contribution in [0.5, 0.6) is 0 Å². The molecule has 0 heterocycles. The van der Waals surface area contributed by atoms with Crippen molar-refractivity contribution in [2.24, 2.45) is 11.1 Å². The Morgan fingerprint density at radius 1 is 1.00 bits per heavy atom. The number of nitrogens with one attached hydrogen (secondary N) is 3. The summed E-state index contributed by atoms with van der Waals surface area (Å²) in [5.74, 6) is -3.69. The zero-order valence-electron chi connectivity index (χ0n) is 19.6. The number of halogens is 2. The molecule has 1 aliphatic carbocycles. The molecule has 6 N–H and O–H groups in total. The van der Waals surface area contributed by atoms with Gasteiger partial charge in [0.05, 0.1) is 16.5 Å². The highest BCUT2D eigenvalue weighted by atomic mass is 35.5. The highest BCUT2D eigenvalue weighted by Crippen LogP contribution is 2.39. The number of sulfonamides is 1. The molecule has 0 bridgehead atoms. The number of hydrogen-bond donors (Lipinski definition) is 5. The van der Waals surface area contributed by atoms with Crippen LogP contribution in [0.15, 0.2) is 71.6 Å². The number of amides is 3. The normalized spacial score (nSPS) is 18.7. The first-order valence-corrected chi connectivity index (χ1v) is 13.1. The molecule has 38 heavy (non-hydrogen) atoms. The van der Waals surface area contributed by atoms with Crippen LogP contribution in [-0.2, 0) is 19.6 Å². The van der Waals surface area contributed by atoms with Crippen LogP contribution >= 0.6 is 11.6 Å². The average Bonchev–Trinajstić information content (AvgIpc) is 2.83. The number of nitrogens with two attached hydrogens (primary N) is 1. The van der Waals surface area contributed by atoms with E-state index in [2.05, 4.69) is 16.0 Å². The molecule has 0 atom stereocenters. The summed E-state index contributed by atoms with van der Waals surface area (Å²) in [7, 11) is -4.08. The maximum Gasteiger partial charge on any atom is 0.320 e. The summed E-state index contributed by atoms with van der Waals surface area (Å²) in [6.07, 6.45) is -0.409. The third kappa shape index (κ3) is 5.77. The van der Waals surface area contributed by atoms with E-state index in [-0.39, 0.29) is 34.6 Å². The molecule has 0 aromatic heterocycles. The number of rotatable bonds is 7. The molecule has 0 radical (unpaired) electrons. The SMILES string of the molecule is NS(=O)(=O)c1ccccc1-c1ccc(NC(=O)C2(NC(=O)Nc3ccc(Cl)cc3)CC(C(=O)O)C2)c(F)c1. The van der Waals surface area contributed by atoms with E-state index >= 15 is 4.39 Å². The Morgan fingerprint density at radius 2 is 1.66 bits per heavy atom. The highest BCUT2D eigenvalue weighted by Gasteiger charge is 2.54. The quantitative estimate of drug-likeness (QED) is 0.294. The Morgan fingerprint density at radius 3 is 2.26 bits per heavy atom. The minimum Gasteiger partial charge on any atom is -0.481 e. The number of aliphatic carboxylic acids is 1. The van der Waals surface area contributed by atoms with Gasteiger partial charge in [0.15, 0.2) is 0 Å². The second-order valence-corrected chi connectivity index (χ2v) is 10.8. The zero-order chi connectivity index (χ0) is 27.7. The molecule has 0 saturated heterocycles. The van der Waals surface area contributed by atoms with Crippen molar-refractivity contribution in [3.8, 4) is 11.1 Å². The highest BCUT2D eigenvalue weighted by molar-refractivity contribution is 7.89. The van der Waals surface area contributed by atoms with Crippen molar-refractivity contribution in [3.05, 3.63) is 77.6 Å². The minimum atomic E-state index is -4.08. The van der Waals surface area contributed by atoms with Crippen LogP contribution in [0.4, 0.5) is 20.6 Å². The van der Waals surface area contributed by atoms with Crippen molar-refractivity contribution in [1.82, 2.24) is 5.32 Å². The van der Waals surface area contributed by atoms with Crippen LogP contribution in [0.25, 0.3) is 11.1 Å². The van der Waals surface area contributed by atoms with Crippen LogP contribution in [0, 0.1) is 11.7 Å². The van der Waals surface area contributed by atoms with E-state index < -0.39 is 45.2 Å². The fourth-order valence-corrected chi connectivity index (χ4v) is 5.08. The first-order chi connectivity index (χ1) is 17.9. The first-order valence-electron chi connectivity index (χ1n) is 11.2. The molecule has 10 nitrogen and oxygen atoms in total. The Hall–Kier alpha value is -4.00. The van der Waals surface area contributed by atoms with Crippen molar-refractivity contribution in [1.29, 1.82) is 0 Å². The Labute approximate surface area is 222 Å². The molecule has 4 rings (SSSR count). The van der Waals surface area contributed by atoms with E-state index in [9.17, 15) is 27.9 Å². The van der Waals surface area contributed by atoms with Crippen molar-refractivity contribution in [2.75, 3.05) is 10.6 Å². The molecule has 1 saturated carbocycles. The van der Waals surface area contributed by atoms with E-state index in [0.29, 0.717) is 10.7 Å². The molecular formula is C25H22ClFN4O6S. The summed E-state index contributed by atoms with van der Waals surface area (Å²) in [4.78, 5) is 37.0.